The molecular weight excluding hydrogens is 326 g/mol. The number of hydrogen-bond acceptors (Lipinski definition) is 1. The van der Waals surface area contributed by atoms with E-state index in [0.717, 1.165) is 0 Å². The lowest BCUT2D eigenvalue weighted by molar-refractivity contribution is 0.666. The van der Waals surface area contributed by atoms with Gasteiger partial charge in [-0.15, -0.1) is 0 Å². The summed E-state index contributed by atoms with van der Waals surface area (Å²) >= 11 is 0. The SMILES string of the molecule is Cc1ccc2c(c1)CCCCC2.Cc1ccc2c3c1CCCN3CCCC2. The molecule has 5 rings (SSSR count). The smallest absolute Gasteiger partial charge is 0.0433 e. The van der Waals surface area contributed by atoms with E-state index in [0.29, 0.717) is 0 Å². The molecule has 1 aliphatic carbocycles. The van der Waals surface area contributed by atoms with Crippen LogP contribution in [0, 0.1) is 13.8 Å². The highest BCUT2D eigenvalue weighted by atomic mass is 15.1. The van der Waals surface area contributed by atoms with E-state index in [1.54, 1.807) is 27.9 Å². The molecule has 0 N–H and O–H groups in total. The molecule has 3 aliphatic rings. The summed E-state index contributed by atoms with van der Waals surface area (Å²) in [6, 6.07) is 11.6. The van der Waals surface area contributed by atoms with Crippen LogP contribution in [0.3, 0.4) is 0 Å². The standard InChI is InChI=1S/C14H19N.C12H16/c1-11-7-8-12-5-2-3-9-15-10-4-6-13(11)14(12)15;1-10-7-8-11-5-3-2-4-6-12(11)9-10/h7-8H,2-6,9-10H2,1H3;7-9H,2-6H2,1H3. The quantitative estimate of drug-likeness (QED) is 0.494. The van der Waals surface area contributed by atoms with Crippen LogP contribution in [-0.2, 0) is 25.7 Å². The summed E-state index contributed by atoms with van der Waals surface area (Å²) in [7, 11) is 0. The normalized spacial score (nSPS) is 18.4. The first-order chi connectivity index (χ1) is 13.2. The number of anilines is 1. The molecule has 2 aromatic rings. The molecule has 0 spiro atoms. The van der Waals surface area contributed by atoms with Gasteiger partial charge >= 0.3 is 0 Å². The molecule has 2 aliphatic heterocycles. The summed E-state index contributed by atoms with van der Waals surface area (Å²) in [5, 5.41) is 0. The summed E-state index contributed by atoms with van der Waals surface area (Å²) < 4.78 is 0. The summed E-state index contributed by atoms with van der Waals surface area (Å²) in [6.45, 7) is 7.02. The molecule has 0 amide bonds. The van der Waals surface area contributed by atoms with Gasteiger partial charge in [0.05, 0.1) is 0 Å². The van der Waals surface area contributed by atoms with Crippen LogP contribution in [0.2, 0.25) is 0 Å². The topological polar surface area (TPSA) is 3.24 Å². The maximum absolute atomic E-state index is 2.63. The highest BCUT2D eigenvalue weighted by Gasteiger charge is 2.23. The first kappa shape index (κ1) is 18.6. The summed E-state index contributed by atoms with van der Waals surface area (Å²) in [5.74, 6) is 0. The maximum atomic E-state index is 2.63. The van der Waals surface area contributed by atoms with E-state index in [4.69, 9.17) is 0 Å². The zero-order valence-electron chi connectivity index (χ0n) is 17.3. The highest BCUT2D eigenvalue weighted by molar-refractivity contribution is 5.64. The van der Waals surface area contributed by atoms with Crippen LogP contribution in [0.4, 0.5) is 5.69 Å². The van der Waals surface area contributed by atoms with Gasteiger partial charge in [0.15, 0.2) is 0 Å². The Labute approximate surface area is 165 Å². The summed E-state index contributed by atoms with van der Waals surface area (Å²) in [5.41, 5.74) is 11.0. The van der Waals surface area contributed by atoms with E-state index in [-0.39, 0.29) is 0 Å². The number of hydrogen-bond donors (Lipinski definition) is 0. The van der Waals surface area contributed by atoms with Crippen molar-refractivity contribution in [3.63, 3.8) is 0 Å². The molecule has 0 aromatic heterocycles. The fraction of sp³-hybridized carbons (Fsp3) is 0.538. The average Bonchev–Trinajstić information content (AvgIpc) is 3.04. The lowest BCUT2D eigenvalue weighted by atomic mass is 9.93. The van der Waals surface area contributed by atoms with Gasteiger partial charge in [0, 0.05) is 18.8 Å². The van der Waals surface area contributed by atoms with E-state index in [9.17, 15) is 0 Å². The first-order valence-electron chi connectivity index (χ1n) is 11.2. The fourth-order valence-electron chi connectivity index (χ4n) is 5.14. The molecule has 0 saturated heterocycles. The molecule has 2 aromatic carbocycles. The van der Waals surface area contributed by atoms with E-state index in [2.05, 4.69) is 49.1 Å². The molecular formula is C26H35N. The van der Waals surface area contributed by atoms with Gasteiger partial charge in [0.1, 0.15) is 0 Å². The minimum absolute atomic E-state index is 1.28. The maximum Gasteiger partial charge on any atom is 0.0433 e. The van der Waals surface area contributed by atoms with Crippen molar-refractivity contribution in [1.82, 2.24) is 0 Å². The van der Waals surface area contributed by atoms with Crippen molar-refractivity contribution in [1.29, 1.82) is 0 Å². The molecule has 0 bridgehead atoms. The predicted octanol–water partition coefficient (Wildman–Crippen LogP) is 6.35. The number of fused-ring (bicyclic) bond motifs is 1. The lowest BCUT2D eigenvalue weighted by Crippen LogP contribution is -2.30. The zero-order chi connectivity index (χ0) is 18.6. The second kappa shape index (κ2) is 8.50. The van der Waals surface area contributed by atoms with Crippen molar-refractivity contribution in [2.45, 2.75) is 78.1 Å². The van der Waals surface area contributed by atoms with Crippen LogP contribution >= 0.6 is 0 Å². The molecule has 0 radical (unpaired) electrons. The second-order valence-corrected chi connectivity index (χ2v) is 8.75. The van der Waals surface area contributed by atoms with Crippen LogP contribution in [0.1, 0.15) is 71.9 Å². The van der Waals surface area contributed by atoms with Crippen LogP contribution in [0.5, 0.6) is 0 Å². The average molecular weight is 362 g/mol. The molecule has 0 saturated carbocycles. The third kappa shape index (κ3) is 4.23. The Bertz CT molecular complexity index is 789. The van der Waals surface area contributed by atoms with Crippen LogP contribution in [0.15, 0.2) is 30.3 Å². The van der Waals surface area contributed by atoms with Gasteiger partial charge in [-0.05, 0) is 99.5 Å². The Morgan fingerprint density at radius 3 is 2.22 bits per heavy atom. The van der Waals surface area contributed by atoms with Crippen molar-refractivity contribution in [2.75, 3.05) is 18.0 Å². The van der Waals surface area contributed by atoms with Gasteiger partial charge in [-0.2, -0.15) is 0 Å². The van der Waals surface area contributed by atoms with Gasteiger partial charge in [-0.3, -0.25) is 0 Å². The molecule has 1 heteroatoms. The minimum Gasteiger partial charge on any atom is -0.371 e. The molecule has 27 heavy (non-hydrogen) atoms. The van der Waals surface area contributed by atoms with Crippen molar-refractivity contribution in [3.05, 3.63) is 63.7 Å². The molecule has 0 unspecified atom stereocenters. The van der Waals surface area contributed by atoms with Gasteiger partial charge in [0.25, 0.3) is 0 Å². The largest absolute Gasteiger partial charge is 0.371 e. The summed E-state index contributed by atoms with van der Waals surface area (Å²) in [6.07, 6.45) is 13.5. The monoisotopic (exact) mass is 361 g/mol. The third-order valence-electron chi connectivity index (χ3n) is 6.65. The highest BCUT2D eigenvalue weighted by Crippen LogP contribution is 2.36. The van der Waals surface area contributed by atoms with E-state index < -0.39 is 0 Å². The Balaban J connectivity index is 0.000000137. The number of nitrogens with zero attached hydrogens (tertiary/aromatic N) is 1. The van der Waals surface area contributed by atoms with Crippen molar-refractivity contribution < 1.29 is 0 Å². The van der Waals surface area contributed by atoms with Crippen molar-refractivity contribution in [3.8, 4) is 0 Å². The van der Waals surface area contributed by atoms with E-state index >= 15 is 0 Å². The van der Waals surface area contributed by atoms with E-state index in [1.165, 1.54) is 88.4 Å². The van der Waals surface area contributed by atoms with Gasteiger partial charge < -0.3 is 4.90 Å². The Hall–Kier alpha value is -1.76. The third-order valence-corrected chi connectivity index (χ3v) is 6.65. The van der Waals surface area contributed by atoms with Gasteiger partial charge in [0.2, 0.25) is 0 Å². The van der Waals surface area contributed by atoms with Gasteiger partial charge in [-0.25, -0.2) is 0 Å². The van der Waals surface area contributed by atoms with Crippen molar-refractivity contribution in [2.24, 2.45) is 0 Å². The van der Waals surface area contributed by atoms with Crippen LogP contribution < -0.4 is 4.90 Å². The molecule has 144 valence electrons. The molecule has 0 atom stereocenters. The van der Waals surface area contributed by atoms with Crippen LogP contribution in [-0.4, -0.2) is 13.1 Å². The van der Waals surface area contributed by atoms with Crippen LogP contribution in [0.25, 0.3) is 0 Å². The Morgan fingerprint density at radius 2 is 1.33 bits per heavy atom. The van der Waals surface area contributed by atoms with Crippen molar-refractivity contribution >= 4 is 5.69 Å². The zero-order valence-corrected chi connectivity index (χ0v) is 17.3. The number of benzene rings is 2. The molecule has 1 nitrogen and oxygen atoms in total. The molecule has 0 fully saturated rings. The number of aryl methyl sites for hydroxylation is 5. The Kier molecular flexibility index (Phi) is 5.86. The second-order valence-electron chi connectivity index (χ2n) is 8.75. The molecule has 2 heterocycles. The lowest BCUT2D eigenvalue weighted by Gasteiger charge is -2.32. The predicted molar refractivity (Wildman–Crippen MR) is 117 cm³/mol. The van der Waals surface area contributed by atoms with E-state index in [1.807, 2.05) is 0 Å². The summed E-state index contributed by atoms with van der Waals surface area (Å²) in [4.78, 5) is 2.63. The Morgan fingerprint density at radius 1 is 0.630 bits per heavy atom. The number of rotatable bonds is 0. The first-order valence-corrected chi connectivity index (χ1v) is 11.2. The minimum atomic E-state index is 1.28. The fourth-order valence-corrected chi connectivity index (χ4v) is 5.14. The van der Waals surface area contributed by atoms with Gasteiger partial charge in [-0.1, -0.05) is 42.3 Å².